The Morgan fingerprint density at radius 3 is 2.56 bits per heavy atom. The van der Waals surface area contributed by atoms with Crippen LogP contribution in [0, 0.1) is 5.92 Å². The van der Waals surface area contributed by atoms with Crippen LogP contribution in [0.25, 0.3) is 0 Å². The minimum absolute atomic E-state index is 0.00548. The smallest absolute Gasteiger partial charge is 0.325 e. The molecule has 8 heteroatoms. The largest absolute Gasteiger partial charge is 0.493 e. The first-order valence-corrected chi connectivity index (χ1v) is 11.9. The highest BCUT2D eigenvalue weighted by Crippen LogP contribution is 2.59. The monoisotopic (exact) mass is 475 g/mol. The number of hydrogen-bond acceptors (Lipinski definition) is 8. The van der Waals surface area contributed by atoms with Crippen LogP contribution in [0.2, 0.25) is 0 Å². The van der Waals surface area contributed by atoms with Crippen molar-refractivity contribution in [2.24, 2.45) is 5.92 Å². The summed E-state index contributed by atoms with van der Waals surface area (Å²) in [5, 5.41) is 3.10. The van der Waals surface area contributed by atoms with Crippen LogP contribution in [0.3, 0.4) is 0 Å². The van der Waals surface area contributed by atoms with Gasteiger partial charge in [0.25, 0.3) is 0 Å². The fraction of sp³-hybridized carbons (Fsp3) is 0.654. The van der Waals surface area contributed by atoms with E-state index in [0.29, 0.717) is 24.5 Å². The van der Waals surface area contributed by atoms with Gasteiger partial charge in [0, 0.05) is 18.9 Å². The van der Waals surface area contributed by atoms with Crippen LogP contribution in [-0.2, 0) is 23.7 Å². The van der Waals surface area contributed by atoms with Gasteiger partial charge in [-0.15, -0.1) is 0 Å². The van der Waals surface area contributed by atoms with Gasteiger partial charge in [-0.3, -0.25) is 4.79 Å². The fourth-order valence-electron chi connectivity index (χ4n) is 5.40. The number of carbonyl (C=O) groups excluding carboxylic acids is 1. The summed E-state index contributed by atoms with van der Waals surface area (Å²) in [4.78, 5) is 12.7. The Morgan fingerprint density at radius 1 is 1.21 bits per heavy atom. The Morgan fingerprint density at radius 2 is 1.94 bits per heavy atom. The lowest BCUT2D eigenvalue weighted by Gasteiger charge is -2.42. The Balaban J connectivity index is 1.39. The second kappa shape index (κ2) is 9.76. The Bertz CT molecular complexity index is 924. The zero-order valence-corrected chi connectivity index (χ0v) is 21.0. The molecule has 188 valence electrons. The Kier molecular flexibility index (Phi) is 7.12. The predicted octanol–water partition coefficient (Wildman–Crippen LogP) is 3.74. The maximum Gasteiger partial charge on any atom is 0.325 e. The average molecular weight is 476 g/mol. The summed E-state index contributed by atoms with van der Waals surface area (Å²) in [5.74, 6) is 0.884. The lowest BCUT2D eigenvalue weighted by atomic mass is 9.68. The first-order valence-electron chi connectivity index (χ1n) is 11.9. The van der Waals surface area contributed by atoms with Crippen molar-refractivity contribution in [3.63, 3.8) is 0 Å². The van der Waals surface area contributed by atoms with Crippen molar-refractivity contribution in [1.82, 2.24) is 0 Å². The molecule has 2 saturated heterocycles. The van der Waals surface area contributed by atoms with E-state index >= 15 is 0 Å². The highest BCUT2D eigenvalue weighted by molar-refractivity contribution is 5.75. The lowest BCUT2D eigenvalue weighted by Crippen LogP contribution is -2.55. The van der Waals surface area contributed by atoms with Gasteiger partial charge in [0.2, 0.25) is 0 Å². The number of rotatable bonds is 10. The summed E-state index contributed by atoms with van der Waals surface area (Å²) in [5.41, 5.74) is 1.42. The van der Waals surface area contributed by atoms with E-state index in [9.17, 15) is 4.79 Å². The topological polar surface area (TPSA) is 91.1 Å². The molecule has 1 spiro atoms. The maximum absolute atomic E-state index is 12.7. The average Bonchev–Trinajstić information content (AvgIpc) is 3.74. The van der Waals surface area contributed by atoms with E-state index in [0.717, 1.165) is 18.5 Å². The molecule has 3 aliphatic rings. The van der Waals surface area contributed by atoms with Crippen LogP contribution >= 0.6 is 0 Å². The van der Waals surface area contributed by atoms with Crippen molar-refractivity contribution >= 4 is 11.7 Å². The first-order chi connectivity index (χ1) is 16.3. The summed E-state index contributed by atoms with van der Waals surface area (Å²) in [7, 11) is 4.84. The molecule has 2 heterocycles. The van der Waals surface area contributed by atoms with Gasteiger partial charge in [-0.05, 0) is 52.2 Å². The number of allylic oxidation sites excluding steroid dienone is 1. The number of methoxy groups -OCH3 is 3. The van der Waals surface area contributed by atoms with Crippen LogP contribution in [0.4, 0.5) is 5.69 Å². The van der Waals surface area contributed by atoms with E-state index in [2.05, 4.69) is 32.2 Å². The maximum atomic E-state index is 12.7. The SMILES string of the molecule is COc1ccc(NCC(=O)OC2CCC3(CO3)C(C3(C)OC3CC=C(C)C)C2OC)cc1OC. The third-order valence-corrected chi connectivity index (χ3v) is 7.34. The Hall–Kier alpha value is -2.29. The van der Waals surface area contributed by atoms with Crippen LogP contribution in [-0.4, -0.2) is 70.0 Å². The molecule has 1 saturated carbocycles. The minimum atomic E-state index is -0.355. The van der Waals surface area contributed by atoms with Crippen LogP contribution in [0.15, 0.2) is 29.8 Å². The molecule has 1 aromatic rings. The lowest BCUT2D eigenvalue weighted by molar-refractivity contribution is -0.170. The molecule has 6 unspecified atom stereocenters. The Labute approximate surface area is 201 Å². The molecule has 2 aliphatic heterocycles. The number of anilines is 1. The zero-order valence-electron chi connectivity index (χ0n) is 21.0. The second-order valence-electron chi connectivity index (χ2n) is 9.83. The number of ether oxygens (including phenoxy) is 6. The van der Waals surface area contributed by atoms with E-state index in [-0.39, 0.29) is 47.9 Å². The third kappa shape index (κ3) is 4.90. The van der Waals surface area contributed by atoms with Gasteiger partial charge in [-0.25, -0.2) is 0 Å². The molecule has 1 aliphatic carbocycles. The molecule has 0 amide bonds. The fourth-order valence-corrected chi connectivity index (χ4v) is 5.40. The quantitative estimate of drug-likeness (QED) is 0.311. The van der Waals surface area contributed by atoms with Crippen molar-refractivity contribution in [2.45, 2.75) is 69.5 Å². The summed E-state index contributed by atoms with van der Waals surface area (Å²) in [6, 6.07) is 5.40. The van der Waals surface area contributed by atoms with Crippen molar-refractivity contribution < 1.29 is 33.2 Å². The third-order valence-electron chi connectivity index (χ3n) is 7.34. The summed E-state index contributed by atoms with van der Waals surface area (Å²) >= 11 is 0. The molecule has 34 heavy (non-hydrogen) atoms. The molecular formula is C26H37NO7. The first kappa shape index (κ1) is 24.8. The number of carbonyl (C=O) groups is 1. The molecule has 1 aromatic carbocycles. The van der Waals surface area contributed by atoms with Crippen LogP contribution < -0.4 is 14.8 Å². The normalized spacial score (nSPS) is 33.7. The molecule has 0 aromatic heterocycles. The molecule has 1 N–H and O–H groups in total. The van der Waals surface area contributed by atoms with Gasteiger partial charge >= 0.3 is 5.97 Å². The van der Waals surface area contributed by atoms with E-state index in [1.54, 1.807) is 33.5 Å². The van der Waals surface area contributed by atoms with Gasteiger partial charge in [0.15, 0.2) is 11.5 Å². The molecule has 6 atom stereocenters. The predicted molar refractivity (Wildman–Crippen MR) is 127 cm³/mol. The zero-order chi connectivity index (χ0) is 24.5. The van der Waals surface area contributed by atoms with Gasteiger partial charge in [0.05, 0.1) is 32.8 Å². The molecular weight excluding hydrogens is 438 g/mol. The van der Waals surface area contributed by atoms with Crippen LogP contribution in [0.5, 0.6) is 11.5 Å². The van der Waals surface area contributed by atoms with E-state index in [4.69, 9.17) is 28.4 Å². The van der Waals surface area contributed by atoms with E-state index in [1.807, 2.05) is 6.07 Å². The molecule has 4 rings (SSSR count). The molecule has 0 bridgehead atoms. The minimum Gasteiger partial charge on any atom is -0.493 e. The molecule has 8 nitrogen and oxygen atoms in total. The summed E-state index contributed by atoms with van der Waals surface area (Å²) in [6.45, 7) is 7.06. The summed E-state index contributed by atoms with van der Waals surface area (Å²) < 4.78 is 34.6. The number of epoxide rings is 2. The molecule has 3 fully saturated rings. The van der Waals surface area contributed by atoms with Crippen molar-refractivity contribution in [2.75, 3.05) is 39.8 Å². The van der Waals surface area contributed by atoms with Crippen LogP contribution in [0.1, 0.15) is 40.0 Å². The number of esters is 1. The summed E-state index contributed by atoms with van der Waals surface area (Å²) in [6.07, 6.45) is 4.07. The van der Waals surface area contributed by atoms with E-state index in [1.165, 1.54) is 5.57 Å². The van der Waals surface area contributed by atoms with Crippen molar-refractivity contribution in [1.29, 1.82) is 0 Å². The number of benzene rings is 1. The number of hydrogen-bond donors (Lipinski definition) is 1. The van der Waals surface area contributed by atoms with Gasteiger partial charge < -0.3 is 33.7 Å². The highest BCUT2D eigenvalue weighted by atomic mass is 16.6. The number of nitrogens with one attached hydrogen (secondary N) is 1. The van der Waals surface area contributed by atoms with Crippen molar-refractivity contribution in [3.8, 4) is 11.5 Å². The van der Waals surface area contributed by atoms with Crippen molar-refractivity contribution in [3.05, 3.63) is 29.8 Å². The van der Waals surface area contributed by atoms with Gasteiger partial charge in [0.1, 0.15) is 30.0 Å². The van der Waals surface area contributed by atoms with Gasteiger partial charge in [-0.1, -0.05) is 11.6 Å². The van der Waals surface area contributed by atoms with E-state index < -0.39 is 0 Å². The molecule has 0 radical (unpaired) electrons. The van der Waals surface area contributed by atoms with Gasteiger partial charge in [-0.2, -0.15) is 0 Å². The standard InChI is InChI=1S/C26H37NO7/c1-16(2)7-10-21-25(3,34-21)24-23(31-6)19(11-12-26(24)15-32-26)33-22(28)14-27-17-8-9-18(29-4)20(13-17)30-5/h7-9,13,19,21,23-24,27H,10-12,14-15H2,1-6H3. The highest BCUT2D eigenvalue weighted by Gasteiger charge is 2.72. The second-order valence-corrected chi connectivity index (χ2v) is 9.83.